The minimum absolute atomic E-state index is 0.0334. The molecule has 36 heavy (non-hydrogen) atoms. The number of likely N-dealkylation sites (N-methyl/N-ethyl adjacent to an activating group) is 1. The third-order valence-corrected chi connectivity index (χ3v) is 6.10. The molecule has 2 rings (SSSR count). The molecule has 0 spiro atoms. The average molecular weight is 508 g/mol. The number of nitriles is 1. The zero-order chi connectivity index (χ0) is 26.9. The van der Waals surface area contributed by atoms with Gasteiger partial charge in [-0.05, 0) is 74.2 Å². The lowest BCUT2D eigenvalue weighted by atomic mass is 10.0. The topological polar surface area (TPSA) is 83.7 Å². The predicted octanol–water partition coefficient (Wildman–Crippen LogP) is 5.79. The second-order valence-corrected chi connectivity index (χ2v) is 9.15. The molecule has 1 aromatic rings. The molecule has 0 unspecified atom stereocenters. The molecule has 1 N–H and O–H groups in total. The Balaban J connectivity index is 0.000000809. The third kappa shape index (κ3) is 10.5. The number of benzene rings is 1. The molecule has 192 valence electrons. The highest BCUT2D eigenvalue weighted by molar-refractivity contribution is 8.08. The first-order valence-electron chi connectivity index (χ1n) is 11.7. The number of methoxy groups -OCH3 is 1. The van der Waals surface area contributed by atoms with E-state index in [0.717, 1.165) is 23.3 Å². The summed E-state index contributed by atoms with van der Waals surface area (Å²) in [7, 11) is 3.05. The number of amides is 1. The van der Waals surface area contributed by atoms with E-state index in [2.05, 4.69) is 59.2 Å². The lowest BCUT2D eigenvalue weighted by Gasteiger charge is -2.14. The van der Waals surface area contributed by atoms with Crippen LogP contribution < -0.4 is 5.32 Å². The van der Waals surface area contributed by atoms with Crippen molar-refractivity contribution in [1.82, 2.24) is 5.32 Å². The number of rotatable bonds is 12. The van der Waals surface area contributed by atoms with Crippen LogP contribution in [0.2, 0.25) is 0 Å². The molecule has 0 bridgehead atoms. The second kappa shape index (κ2) is 17.1. The number of nitrogens with one attached hydrogen (secondary N) is 1. The van der Waals surface area contributed by atoms with Crippen LogP contribution in [0.1, 0.15) is 37.0 Å². The van der Waals surface area contributed by atoms with E-state index in [1.807, 2.05) is 20.0 Å². The number of carbonyl (C=O) groups is 1. The largest absolute Gasteiger partial charge is 0.490 e. The van der Waals surface area contributed by atoms with Crippen LogP contribution in [-0.2, 0) is 27.1 Å². The van der Waals surface area contributed by atoms with Gasteiger partial charge in [0.2, 0.25) is 5.91 Å². The molecule has 0 atom stereocenters. The quantitative estimate of drug-likeness (QED) is 0.168. The fourth-order valence-corrected chi connectivity index (χ4v) is 4.37. The lowest BCUT2D eigenvalue weighted by molar-refractivity contribution is -0.124. The van der Waals surface area contributed by atoms with Gasteiger partial charge in [0, 0.05) is 31.0 Å². The molecule has 6 nitrogen and oxygen atoms in total. The predicted molar refractivity (Wildman–Crippen MR) is 152 cm³/mol. The second-order valence-electron chi connectivity index (χ2n) is 8.13. The van der Waals surface area contributed by atoms with Crippen molar-refractivity contribution in [3.63, 3.8) is 0 Å². The standard InChI is InChI=1S/C25H28N2OS.C4H9NO2/c1-6-9-24(28-18(2)3)21(15-26)14-19(4)17-29-25(16-27-5)23-13-8-11-20-10-7-12-22(20)23;1-5-4(6)3-7-2/h6,8-9,11,13-14,16,18H,1,4-5,7,10,12,17H2,2-3H3;3H2,1-2H3,(H,5,6)/b21-14-,24-9+,25-16-;. The molecule has 1 aliphatic carbocycles. The normalized spacial score (nSPS) is 13.2. The van der Waals surface area contributed by atoms with E-state index in [9.17, 15) is 10.1 Å². The summed E-state index contributed by atoms with van der Waals surface area (Å²) < 4.78 is 10.2. The van der Waals surface area contributed by atoms with Crippen molar-refractivity contribution in [2.24, 2.45) is 4.99 Å². The van der Waals surface area contributed by atoms with E-state index in [-0.39, 0.29) is 18.6 Å². The van der Waals surface area contributed by atoms with Gasteiger partial charge in [0.25, 0.3) is 0 Å². The minimum atomic E-state index is -0.0949. The number of hydrogen-bond acceptors (Lipinski definition) is 6. The van der Waals surface area contributed by atoms with Gasteiger partial charge >= 0.3 is 0 Å². The Bertz CT molecular complexity index is 1060. The van der Waals surface area contributed by atoms with Gasteiger partial charge in [0.1, 0.15) is 18.4 Å². The molecule has 0 aliphatic heterocycles. The summed E-state index contributed by atoms with van der Waals surface area (Å²) in [6.45, 7) is 15.5. The number of aliphatic imine (C=N–C) groups is 1. The van der Waals surface area contributed by atoms with Crippen LogP contribution in [0.25, 0.3) is 4.91 Å². The van der Waals surface area contributed by atoms with Crippen LogP contribution in [-0.4, -0.2) is 45.2 Å². The fraction of sp³-hybridized carbons (Fsp3) is 0.345. The number of allylic oxidation sites excluding steroid dienone is 4. The number of nitrogens with zero attached hydrogens (tertiary/aromatic N) is 2. The van der Waals surface area contributed by atoms with Crippen LogP contribution in [0.4, 0.5) is 0 Å². The van der Waals surface area contributed by atoms with E-state index in [1.54, 1.807) is 37.0 Å². The fourth-order valence-electron chi connectivity index (χ4n) is 3.45. The number of aryl methyl sites for hydroxylation is 1. The number of thioether (sulfide) groups is 1. The van der Waals surface area contributed by atoms with Gasteiger partial charge in [-0.1, -0.05) is 37.4 Å². The van der Waals surface area contributed by atoms with Crippen molar-refractivity contribution in [2.75, 3.05) is 26.5 Å². The first-order valence-corrected chi connectivity index (χ1v) is 12.7. The van der Waals surface area contributed by atoms with E-state index in [4.69, 9.17) is 4.74 Å². The zero-order valence-electron chi connectivity index (χ0n) is 21.8. The van der Waals surface area contributed by atoms with Gasteiger partial charge in [0.05, 0.1) is 11.7 Å². The Morgan fingerprint density at radius 3 is 2.67 bits per heavy atom. The number of hydrogen-bond donors (Lipinski definition) is 1. The molecule has 7 heteroatoms. The van der Waals surface area contributed by atoms with Crippen LogP contribution in [0, 0.1) is 11.3 Å². The molecule has 1 aliphatic rings. The summed E-state index contributed by atoms with van der Waals surface area (Å²) in [5.74, 6) is 1.05. The highest BCUT2D eigenvalue weighted by Gasteiger charge is 2.17. The summed E-state index contributed by atoms with van der Waals surface area (Å²) in [6, 6.07) is 8.67. The highest BCUT2D eigenvalue weighted by Crippen LogP contribution is 2.36. The van der Waals surface area contributed by atoms with Crippen LogP contribution in [0.15, 0.2) is 77.7 Å². The number of ether oxygens (including phenoxy) is 2. The molecule has 0 saturated heterocycles. The molecular formula is C29H37N3O3S. The smallest absolute Gasteiger partial charge is 0.245 e. The Labute approximate surface area is 220 Å². The van der Waals surface area contributed by atoms with Crippen LogP contribution in [0.5, 0.6) is 0 Å². The van der Waals surface area contributed by atoms with E-state index >= 15 is 0 Å². The Morgan fingerprint density at radius 2 is 2.11 bits per heavy atom. The van der Waals surface area contributed by atoms with Gasteiger partial charge in [-0.25, -0.2) is 0 Å². The van der Waals surface area contributed by atoms with Crippen molar-refractivity contribution < 1.29 is 14.3 Å². The van der Waals surface area contributed by atoms with Gasteiger partial charge in [0.15, 0.2) is 0 Å². The molecule has 0 fully saturated rings. The SMILES string of the molecule is C=C/C=C(OC(C)C)\C(C#N)=C/C(=C)CS/C(=C\N=C)c1cccc2c1CCC2.CNC(=O)COC. The molecule has 0 saturated carbocycles. The first kappa shape index (κ1) is 30.7. The maximum absolute atomic E-state index is 10.2. The number of fused-ring (bicyclic) bond motifs is 1. The average Bonchev–Trinajstić information content (AvgIpc) is 3.34. The third-order valence-electron chi connectivity index (χ3n) is 4.95. The van der Waals surface area contributed by atoms with Crippen LogP contribution >= 0.6 is 11.8 Å². The summed E-state index contributed by atoms with van der Waals surface area (Å²) in [5.41, 5.74) is 5.34. The lowest BCUT2D eigenvalue weighted by Crippen LogP contribution is -2.22. The van der Waals surface area contributed by atoms with E-state index in [0.29, 0.717) is 17.1 Å². The van der Waals surface area contributed by atoms with Gasteiger partial charge in [-0.2, -0.15) is 5.26 Å². The molecule has 0 aromatic heterocycles. The van der Waals surface area contributed by atoms with Crippen molar-refractivity contribution in [2.45, 2.75) is 39.2 Å². The zero-order valence-corrected chi connectivity index (χ0v) is 22.6. The van der Waals surface area contributed by atoms with E-state index in [1.165, 1.54) is 30.2 Å². The summed E-state index contributed by atoms with van der Waals surface area (Å²) >= 11 is 1.66. The molecule has 1 amide bonds. The maximum Gasteiger partial charge on any atom is 0.245 e. The van der Waals surface area contributed by atoms with Crippen molar-refractivity contribution in [3.8, 4) is 6.07 Å². The minimum Gasteiger partial charge on any atom is -0.490 e. The van der Waals surface area contributed by atoms with E-state index < -0.39 is 0 Å². The van der Waals surface area contributed by atoms with Gasteiger partial charge in [-0.3, -0.25) is 9.79 Å². The van der Waals surface area contributed by atoms with Gasteiger partial charge < -0.3 is 14.8 Å². The number of carbonyl (C=O) groups excluding carboxylic acids is 1. The first-order chi connectivity index (χ1) is 17.3. The molecule has 0 radical (unpaired) electrons. The highest BCUT2D eigenvalue weighted by atomic mass is 32.2. The monoisotopic (exact) mass is 507 g/mol. The molecular weight excluding hydrogens is 470 g/mol. The summed E-state index contributed by atoms with van der Waals surface area (Å²) in [5, 5.41) is 12.0. The molecule has 1 aromatic carbocycles. The molecule has 0 heterocycles. The Hall–Kier alpha value is -3.34. The van der Waals surface area contributed by atoms with Gasteiger partial charge in [-0.15, -0.1) is 11.8 Å². The van der Waals surface area contributed by atoms with Crippen molar-refractivity contribution in [1.29, 1.82) is 5.26 Å². The summed E-state index contributed by atoms with van der Waals surface area (Å²) in [4.78, 5) is 15.3. The van der Waals surface area contributed by atoms with Crippen molar-refractivity contribution >= 4 is 29.3 Å². The van der Waals surface area contributed by atoms with Crippen LogP contribution in [0.3, 0.4) is 0 Å². The maximum atomic E-state index is 10.2. The Morgan fingerprint density at radius 1 is 1.36 bits per heavy atom. The summed E-state index contributed by atoms with van der Waals surface area (Å²) in [6.07, 6.45) is 10.3. The van der Waals surface area contributed by atoms with Crippen molar-refractivity contribution in [3.05, 3.63) is 89.4 Å². The Kier molecular flexibility index (Phi) is 14.6.